The average Bonchev–Trinajstić information content (AvgIpc) is 2.45. The minimum Gasteiger partial charge on any atom is -0.481 e. The molecule has 0 heterocycles. The standard InChI is InChI=1S/C16H12FNO2S/c17-14-6-12(9-18)5-13(7-14)10-21-15-3-1-11(2-4-15)8-16(19)20/h1-7H,8,10H2,(H,19,20). The van der Waals surface area contributed by atoms with Crippen molar-refractivity contribution in [2.75, 3.05) is 0 Å². The molecule has 0 saturated heterocycles. The summed E-state index contributed by atoms with van der Waals surface area (Å²) in [5.41, 5.74) is 1.79. The molecular weight excluding hydrogens is 289 g/mol. The quantitative estimate of drug-likeness (QED) is 0.857. The van der Waals surface area contributed by atoms with Crippen LogP contribution in [0, 0.1) is 17.1 Å². The van der Waals surface area contributed by atoms with Crippen molar-refractivity contribution in [2.45, 2.75) is 17.1 Å². The molecule has 0 aromatic heterocycles. The van der Waals surface area contributed by atoms with Crippen LogP contribution in [0.5, 0.6) is 0 Å². The van der Waals surface area contributed by atoms with Gasteiger partial charge in [0.05, 0.1) is 18.1 Å². The molecule has 2 rings (SSSR count). The Morgan fingerprint density at radius 1 is 1.19 bits per heavy atom. The number of hydrogen-bond acceptors (Lipinski definition) is 3. The van der Waals surface area contributed by atoms with Crippen LogP contribution in [0.25, 0.3) is 0 Å². The molecule has 0 aliphatic carbocycles. The van der Waals surface area contributed by atoms with Gasteiger partial charge in [0, 0.05) is 10.6 Å². The smallest absolute Gasteiger partial charge is 0.307 e. The van der Waals surface area contributed by atoms with Gasteiger partial charge in [-0.15, -0.1) is 11.8 Å². The Balaban J connectivity index is 2.01. The molecular formula is C16H12FNO2S. The molecule has 0 spiro atoms. The lowest BCUT2D eigenvalue weighted by Gasteiger charge is -2.04. The van der Waals surface area contributed by atoms with Crippen molar-refractivity contribution in [3.8, 4) is 6.07 Å². The number of aliphatic carboxylic acids is 1. The average molecular weight is 301 g/mol. The number of nitriles is 1. The maximum Gasteiger partial charge on any atom is 0.307 e. The van der Waals surface area contributed by atoms with Crippen LogP contribution >= 0.6 is 11.8 Å². The topological polar surface area (TPSA) is 61.1 Å². The van der Waals surface area contributed by atoms with Crippen molar-refractivity contribution in [3.05, 3.63) is 65.0 Å². The monoisotopic (exact) mass is 301 g/mol. The maximum atomic E-state index is 13.3. The summed E-state index contributed by atoms with van der Waals surface area (Å²) in [5, 5.41) is 17.5. The van der Waals surface area contributed by atoms with Gasteiger partial charge in [-0.3, -0.25) is 4.79 Å². The predicted molar refractivity (Wildman–Crippen MR) is 78.5 cm³/mol. The van der Waals surface area contributed by atoms with Crippen LogP contribution in [0.4, 0.5) is 4.39 Å². The number of nitrogens with zero attached hydrogens (tertiary/aromatic N) is 1. The fraction of sp³-hybridized carbons (Fsp3) is 0.125. The highest BCUT2D eigenvalue weighted by Gasteiger charge is 2.03. The van der Waals surface area contributed by atoms with Crippen molar-refractivity contribution in [1.82, 2.24) is 0 Å². The van der Waals surface area contributed by atoms with E-state index < -0.39 is 11.8 Å². The fourth-order valence-electron chi connectivity index (χ4n) is 1.84. The summed E-state index contributed by atoms with van der Waals surface area (Å²) in [6, 6.07) is 13.4. The minimum atomic E-state index is -0.862. The highest BCUT2D eigenvalue weighted by atomic mass is 32.2. The summed E-state index contributed by atoms with van der Waals surface area (Å²) in [6.45, 7) is 0. The first-order valence-corrected chi connectivity index (χ1v) is 7.18. The van der Waals surface area contributed by atoms with Crippen LogP contribution in [0.2, 0.25) is 0 Å². The molecule has 21 heavy (non-hydrogen) atoms. The Morgan fingerprint density at radius 2 is 1.90 bits per heavy atom. The first-order chi connectivity index (χ1) is 10.1. The van der Waals surface area contributed by atoms with E-state index in [0.717, 1.165) is 16.0 Å². The van der Waals surface area contributed by atoms with Crippen LogP contribution < -0.4 is 0 Å². The van der Waals surface area contributed by atoms with Crippen molar-refractivity contribution < 1.29 is 14.3 Å². The highest BCUT2D eigenvalue weighted by molar-refractivity contribution is 7.98. The molecule has 1 N–H and O–H groups in total. The molecule has 3 nitrogen and oxygen atoms in total. The summed E-state index contributed by atoms with van der Waals surface area (Å²) < 4.78 is 13.3. The Morgan fingerprint density at radius 3 is 2.52 bits per heavy atom. The zero-order valence-corrected chi connectivity index (χ0v) is 11.9. The van der Waals surface area contributed by atoms with Crippen LogP contribution in [-0.2, 0) is 17.0 Å². The first-order valence-electron chi connectivity index (χ1n) is 6.20. The van der Waals surface area contributed by atoms with Crippen LogP contribution in [0.1, 0.15) is 16.7 Å². The third-order valence-electron chi connectivity index (χ3n) is 2.77. The van der Waals surface area contributed by atoms with Crippen molar-refractivity contribution in [1.29, 1.82) is 5.26 Å². The van der Waals surface area contributed by atoms with Gasteiger partial charge in [0.1, 0.15) is 5.82 Å². The zero-order valence-electron chi connectivity index (χ0n) is 11.0. The molecule has 0 bridgehead atoms. The normalized spacial score (nSPS) is 10.1. The third-order valence-corrected chi connectivity index (χ3v) is 3.85. The number of halogens is 1. The Labute approximate surface area is 126 Å². The van der Waals surface area contributed by atoms with Gasteiger partial charge in [-0.1, -0.05) is 12.1 Å². The summed E-state index contributed by atoms with van der Waals surface area (Å²) >= 11 is 1.51. The lowest BCUT2D eigenvalue weighted by Crippen LogP contribution is -1.99. The molecule has 0 amide bonds. The molecule has 0 aliphatic rings. The summed E-state index contributed by atoms with van der Waals surface area (Å²) in [4.78, 5) is 11.6. The number of hydrogen-bond donors (Lipinski definition) is 1. The van der Waals surface area contributed by atoms with E-state index in [1.165, 1.54) is 23.9 Å². The number of rotatable bonds is 5. The maximum absolute atomic E-state index is 13.3. The Bertz CT molecular complexity index is 692. The van der Waals surface area contributed by atoms with E-state index in [9.17, 15) is 9.18 Å². The van der Waals surface area contributed by atoms with Gasteiger partial charge in [-0.25, -0.2) is 4.39 Å². The Hall–Kier alpha value is -2.32. The second-order valence-electron chi connectivity index (χ2n) is 4.46. The third kappa shape index (κ3) is 4.62. The second kappa shape index (κ2) is 6.91. The molecule has 0 aliphatic heterocycles. The largest absolute Gasteiger partial charge is 0.481 e. The number of carboxylic acids is 1. The molecule has 0 radical (unpaired) electrons. The number of carbonyl (C=O) groups is 1. The zero-order chi connectivity index (χ0) is 15.2. The highest BCUT2D eigenvalue weighted by Crippen LogP contribution is 2.24. The summed E-state index contributed by atoms with van der Waals surface area (Å²) in [5.74, 6) is -0.731. The molecule has 0 unspecified atom stereocenters. The number of carboxylic acid groups (broad SMARTS) is 1. The van der Waals surface area contributed by atoms with Crippen molar-refractivity contribution in [3.63, 3.8) is 0 Å². The van der Waals surface area contributed by atoms with Crippen LogP contribution in [0.15, 0.2) is 47.4 Å². The van der Waals surface area contributed by atoms with Gasteiger partial charge < -0.3 is 5.11 Å². The molecule has 2 aromatic carbocycles. The SMILES string of the molecule is N#Cc1cc(F)cc(CSc2ccc(CC(=O)O)cc2)c1. The molecule has 2 aromatic rings. The minimum absolute atomic E-state index is 0.000370. The van der Waals surface area contributed by atoms with Gasteiger partial charge >= 0.3 is 5.97 Å². The van der Waals surface area contributed by atoms with Gasteiger partial charge in [0.2, 0.25) is 0 Å². The van der Waals surface area contributed by atoms with E-state index >= 15 is 0 Å². The van der Waals surface area contributed by atoms with Gasteiger partial charge in [0.25, 0.3) is 0 Å². The van der Waals surface area contributed by atoms with Crippen molar-refractivity contribution in [2.24, 2.45) is 0 Å². The van der Waals surface area contributed by atoms with E-state index in [-0.39, 0.29) is 6.42 Å². The summed E-state index contributed by atoms with van der Waals surface area (Å²) in [6.07, 6.45) is 0.000370. The van der Waals surface area contributed by atoms with E-state index in [1.54, 1.807) is 18.2 Å². The van der Waals surface area contributed by atoms with Crippen LogP contribution in [-0.4, -0.2) is 11.1 Å². The second-order valence-corrected chi connectivity index (χ2v) is 5.51. The molecule has 5 heteroatoms. The number of benzene rings is 2. The molecule has 106 valence electrons. The van der Waals surface area contributed by atoms with Gasteiger partial charge in [0.15, 0.2) is 0 Å². The van der Waals surface area contributed by atoms with Gasteiger partial charge in [-0.05, 0) is 41.5 Å². The summed E-state index contributed by atoms with van der Waals surface area (Å²) in [7, 11) is 0. The molecule has 0 fully saturated rings. The number of thioether (sulfide) groups is 1. The van der Waals surface area contributed by atoms with E-state index in [4.69, 9.17) is 10.4 Å². The van der Waals surface area contributed by atoms with E-state index in [1.807, 2.05) is 18.2 Å². The lowest BCUT2D eigenvalue weighted by molar-refractivity contribution is -0.136. The Kier molecular flexibility index (Phi) is 4.96. The van der Waals surface area contributed by atoms with E-state index in [2.05, 4.69) is 0 Å². The van der Waals surface area contributed by atoms with E-state index in [0.29, 0.717) is 11.3 Å². The van der Waals surface area contributed by atoms with Crippen molar-refractivity contribution >= 4 is 17.7 Å². The lowest BCUT2D eigenvalue weighted by atomic mass is 10.1. The van der Waals surface area contributed by atoms with Crippen LogP contribution in [0.3, 0.4) is 0 Å². The molecule has 0 saturated carbocycles. The molecule has 0 atom stereocenters. The fourth-order valence-corrected chi connectivity index (χ4v) is 2.67. The predicted octanol–water partition coefficient (Wildman–Crippen LogP) is 3.62. The first kappa shape index (κ1) is 15.1. The van der Waals surface area contributed by atoms with Gasteiger partial charge in [-0.2, -0.15) is 5.26 Å².